The summed E-state index contributed by atoms with van der Waals surface area (Å²) in [5.74, 6) is 0. The average Bonchev–Trinajstić information content (AvgIpc) is 1.79. The fraction of sp³-hybridized carbons (Fsp3) is 1.00. The molecule has 0 saturated carbocycles. The monoisotopic (exact) mass is 221 g/mol. The standard InChI is InChI=1S/C5H12F3N2O2S/c1-10(2,3)4-9-13(11,12)5(6,7)8/h9H,4H2,1-3H3/q+1. The fourth-order valence-electron chi connectivity index (χ4n) is 0.360. The van der Waals surface area contributed by atoms with Gasteiger partial charge in [0.15, 0.2) is 0 Å². The summed E-state index contributed by atoms with van der Waals surface area (Å²) in [4.78, 5) is 0. The average molecular weight is 221 g/mol. The number of quaternary nitrogens is 1. The second kappa shape index (κ2) is 3.43. The smallest absolute Gasteiger partial charge is 0.318 e. The Labute approximate surface area is 75.0 Å². The van der Waals surface area contributed by atoms with E-state index < -0.39 is 15.5 Å². The molecule has 0 amide bonds. The third-order valence-corrected chi connectivity index (χ3v) is 2.15. The maximum absolute atomic E-state index is 11.8. The van der Waals surface area contributed by atoms with Gasteiger partial charge in [0.25, 0.3) is 0 Å². The van der Waals surface area contributed by atoms with Gasteiger partial charge in [0.05, 0.1) is 21.1 Å². The third kappa shape index (κ3) is 4.44. The van der Waals surface area contributed by atoms with Gasteiger partial charge in [-0.15, -0.1) is 0 Å². The van der Waals surface area contributed by atoms with Gasteiger partial charge in [-0.2, -0.15) is 17.9 Å². The Hall–Kier alpha value is -0.340. The Morgan fingerprint density at radius 3 is 1.85 bits per heavy atom. The van der Waals surface area contributed by atoms with E-state index in [1.54, 1.807) is 21.1 Å². The van der Waals surface area contributed by atoms with Crippen molar-refractivity contribution >= 4 is 10.0 Å². The van der Waals surface area contributed by atoms with Crippen LogP contribution in [0.1, 0.15) is 0 Å². The Morgan fingerprint density at radius 1 is 1.23 bits per heavy atom. The van der Waals surface area contributed by atoms with Crippen molar-refractivity contribution in [2.75, 3.05) is 27.8 Å². The van der Waals surface area contributed by atoms with Crippen LogP contribution < -0.4 is 4.72 Å². The van der Waals surface area contributed by atoms with Gasteiger partial charge in [-0.3, -0.25) is 0 Å². The minimum Gasteiger partial charge on any atom is -0.318 e. The molecule has 0 atom stereocenters. The highest BCUT2D eigenvalue weighted by Crippen LogP contribution is 2.21. The van der Waals surface area contributed by atoms with Crippen molar-refractivity contribution in [2.45, 2.75) is 5.51 Å². The van der Waals surface area contributed by atoms with E-state index in [0.717, 1.165) is 0 Å². The predicted molar refractivity (Wildman–Crippen MR) is 41.0 cm³/mol. The molecular weight excluding hydrogens is 209 g/mol. The number of hydrogen-bond donors (Lipinski definition) is 1. The van der Waals surface area contributed by atoms with Gasteiger partial charge in [-0.1, -0.05) is 0 Å². The maximum Gasteiger partial charge on any atom is 0.511 e. The molecule has 0 aliphatic heterocycles. The summed E-state index contributed by atoms with van der Waals surface area (Å²) in [6.45, 7) is -0.304. The van der Waals surface area contributed by atoms with Gasteiger partial charge in [0.1, 0.15) is 6.67 Å². The molecule has 0 aromatic rings. The minimum atomic E-state index is -5.23. The molecule has 8 heteroatoms. The van der Waals surface area contributed by atoms with Crippen LogP contribution in [0.3, 0.4) is 0 Å². The summed E-state index contributed by atoms with van der Waals surface area (Å²) in [5.41, 5.74) is -5.23. The first kappa shape index (κ1) is 12.7. The van der Waals surface area contributed by atoms with Crippen LogP contribution >= 0.6 is 0 Å². The SMILES string of the molecule is C[N+](C)(C)CNS(=O)(=O)C(F)(F)F. The van der Waals surface area contributed by atoms with Crippen LogP contribution in [0.5, 0.6) is 0 Å². The predicted octanol–water partition coefficient (Wildman–Crippen LogP) is 0.0893. The van der Waals surface area contributed by atoms with Crippen molar-refractivity contribution in [3.05, 3.63) is 0 Å². The van der Waals surface area contributed by atoms with E-state index >= 15 is 0 Å². The molecule has 0 aromatic heterocycles. The molecule has 0 aliphatic rings. The quantitative estimate of drug-likeness (QED) is 0.542. The molecule has 0 aliphatic carbocycles. The molecule has 1 N–H and O–H groups in total. The second-order valence-electron chi connectivity index (χ2n) is 3.54. The lowest BCUT2D eigenvalue weighted by Gasteiger charge is -2.24. The van der Waals surface area contributed by atoms with E-state index in [-0.39, 0.29) is 11.2 Å². The van der Waals surface area contributed by atoms with Gasteiger partial charge in [-0.25, -0.2) is 8.42 Å². The maximum atomic E-state index is 11.8. The van der Waals surface area contributed by atoms with E-state index in [1.165, 1.54) is 4.72 Å². The summed E-state index contributed by atoms with van der Waals surface area (Å²) in [6.07, 6.45) is 0. The molecule has 13 heavy (non-hydrogen) atoms. The highest BCUT2D eigenvalue weighted by Gasteiger charge is 2.46. The molecule has 0 radical (unpaired) electrons. The third-order valence-electron chi connectivity index (χ3n) is 1.03. The largest absolute Gasteiger partial charge is 0.511 e. The lowest BCUT2D eigenvalue weighted by atomic mass is 10.7. The normalized spacial score (nSPS) is 14.6. The molecule has 0 rings (SSSR count). The number of hydrogen-bond acceptors (Lipinski definition) is 2. The number of rotatable bonds is 3. The first-order chi connectivity index (χ1) is 5.46. The van der Waals surface area contributed by atoms with Crippen LogP contribution in [0, 0.1) is 0 Å². The molecule has 0 aromatic carbocycles. The van der Waals surface area contributed by atoms with E-state index in [4.69, 9.17) is 0 Å². The molecule has 80 valence electrons. The van der Waals surface area contributed by atoms with Gasteiger partial charge in [0, 0.05) is 0 Å². The zero-order valence-corrected chi connectivity index (χ0v) is 8.33. The molecule has 0 unspecified atom stereocenters. The van der Waals surface area contributed by atoms with Crippen LogP contribution in [0.15, 0.2) is 0 Å². The van der Waals surface area contributed by atoms with E-state index in [2.05, 4.69) is 0 Å². The van der Waals surface area contributed by atoms with Gasteiger partial charge in [0.2, 0.25) is 0 Å². The molecule has 0 fully saturated rings. The Bertz CT molecular complexity index is 264. The zero-order valence-electron chi connectivity index (χ0n) is 7.51. The number of halogens is 3. The van der Waals surface area contributed by atoms with Crippen LogP contribution in [0.2, 0.25) is 0 Å². The van der Waals surface area contributed by atoms with Crippen molar-refractivity contribution < 1.29 is 26.1 Å². The van der Waals surface area contributed by atoms with Crippen LogP contribution in [0.25, 0.3) is 0 Å². The highest BCUT2D eigenvalue weighted by atomic mass is 32.2. The molecule has 0 heterocycles. The van der Waals surface area contributed by atoms with Crippen molar-refractivity contribution in [1.29, 1.82) is 0 Å². The summed E-state index contributed by atoms with van der Waals surface area (Å²) in [7, 11) is -0.492. The van der Waals surface area contributed by atoms with Crippen LogP contribution in [-0.4, -0.2) is 46.2 Å². The lowest BCUT2D eigenvalue weighted by molar-refractivity contribution is -0.871. The van der Waals surface area contributed by atoms with Crippen molar-refractivity contribution in [3.8, 4) is 0 Å². The minimum absolute atomic E-state index is 0.0787. The summed E-state index contributed by atoms with van der Waals surface area (Å²) in [5, 5.41) is 0. The van der Waals surface area contributed by atoms with Gasteiger partial charge in [-0.05, 0) is 0 Å². The molecule has 0 saturated heterocycles. The Kier molecular flexibility index (Phi) is 3.34. The summed E-state index contributed by atoms with van der Waals surface area (Å²) in [6, 6.07) is 0. The van der Waals surface area contributed by atoms with Crippen molar-refractivity contribution in [3.63, 3.8) is 0 Å². The molecule has 0 bridgehead atoms. The molecular formula is C5H12F3N2O2S+. The first-order valence-electron chi connectivity index (χ1n) is 3.32. The van der Waals surface area contributed by atoms with Crippen molar-refractivity contribution in [1.82, 2.24) is 4.72 Å². The topological polar surface area (TPSA) is 46.2 Å². The van der Waals surface area contributed by atoms with Gasteiger partial charge < -0.3 is 4.48 Å². The zero-order chi connectivity index (χ0) is 10.9. The van der Waals surface area contributed by atoms with E-state index in [9.17, 15) is 21.6 Å². The first-order valence-corrected chi connectivity index (χ1v) is 4.80. The summed E-state index contributed by atoms with van der Waals surface area (Å²) < 4.78 is 57.7. The summed E-state index contributed by atoms with van der Waals surface area (Å²) >= 11 is 0. The molecule has 0 spiro atoms. The highest BCUT2D eigenvalue weighted by molar-refractivity contribution is 7.90. The Balaban J connectivity index is 4.40. The van der Waals surface area contributed by atoms with Crippen LogP contribution in [0.4, 0.5) is 13.2 Å². The fourth-order valence-corrected chi connectivity index (χ4v) is 1.08. The van der Waals surface area contributed by atoms with E-state index in [1.807, 2.05) is 0 Å². The van der Waals surface area contributed by atoms with Gasteiger partial charge >= 0.3 is 15.5 Å². The second-order valence-corrected chi connectivity index (χ2v) is 5.30. The number of nitrogens with one attached hydrogen (secondary N) is 1. The van der Waals surface area contributed by atoms with E-state index in [0.29, 0.717) is 0 Å². The Morgan fingerprint density at radius 2 is 1.62 bits per heavy atom. The number of alkyl halides is 3. The molecule has 4 nitrogen and oxygen atoms in total. The number of sulfonamides is 1. The van der Waals surface area contributed by atoms with Crippen molar-refractivity contribution in [2.24, 2.45) is 0 Å². The van der Waals surface area contributed by atoms with Crippen LogP contribution in [-0.2, 0) is 10.0 Å². The lowest BCUT2D eigenvalue weighted by Crippen LogP contribution is -2.48. The number of nitrogens with zero attached hydrogens (tertiary/aromatic N) is 1.